The normalized spacial score (nSPS) is 15.1. The highest BCUT2D eigenvalue weighted by Gasteiger charge is 2.27. The Balaban J connectivity index is 1.65. The van der Waals surface area contributed by atoms with Crippen molar-refractivity contribution in [1.82, 2.24) is 10.2 Å². The Labute approximate surface area is 195 Å². The third-order valence-corrected chi connectivity index (χ3v) is 6.97. The average Bonchev–Trinajstić information content (AvgIpc) is 2.83. The lowest BCUT2D eigenvalue weighted by Crippen LogP contribution is -2.50. The smallest absolute Gasteiger partial charge is 0.242 e. The molecule has 2 aromatic carbocycles. The zero-order chi connectivity index (χ0) is 22.8. The molecule has 3 rings (SSSR count). The molecule has 0 heterocycles. The zero-order valence-electron chi connectivity index (χ0n) is 19.1. The van der Waals surface area contributed by atoms with E-state index in [-0.39, 0.29) is 17.9 Å². The van der Waals surface area contributed by atoms with Crippen LogP contribution in [-0.2, 0) is 16.1 Å². The molecule has 1 saturated carbocycles. The fourth-order valence-corrected chi connectivity index (χ4v) is 4.86. The summed E-state index contributed by atoms with van der Waals surface area (Å²) in [5.41, 5.74) is 0.979. The molecule has 0 unspecified atom stereocenters. The van der Waals surface area contributed by atoms with Crippen molar-refractivity contribution in [3.8, 4) is 5.75 Å². The van der Waals surface area contributed by atoms with Crippen LogP contribution >= 0.6 is 11.8 Å². The van der Waals surface area contributed by atoms with Crippen LogP contribution in [0.15, 0.2) is 59.5 Å². The Morgan fingerprint density at radius 1 is 1.06 bits per heavy atom. The molecule has 0 saturated heterocycles. The van der Waals surface area contributed by atoms with Gasteiger partial charge < -0.3 is 15.0 Å². The monoisotopic (exact) mass is 454 g/mol. The predicted octanol–water partition coefficient (Wildman–Crippen LogP) is 5.04. The molecule has 1 fully saturated rings. The minimum atomic E-state index is -0.520. The first-order valence-electron chi connectivity index (χ1n) is 11.5. The maximum atomic E-state index is 13.2. The first-order chi connectivity index (χ1) is 15.6. The van der Waals surface area contributed by atoms with Crippen molar-refractivity contribution in [3.63, 3.8) is 0 Å². The Morgan fingerprint density at radius 2 is 1.75 bits per heavy atom. The van der Waals surface area contributed by atoms with E-state index in [0.717, 1.165) is 41.9 Å². The van der Waals surface area contributed by atoms with Crippen molar-refractivity contribution in [2.75, 3.05) is 12.9 Å². The van der Waals surface area contributed by atoms with Crippen LogP contribution in [0.25, 0.3) is 0 Å². The molecule has 1 atom stereocenters. The standard InChI is InChI=1S/C26H34N2O3S/c1-20(26(30)27-22-9-5-3-6-10-22)28(19-21-13-15-23(31-2)16-14-21)25(29)17-18-32-24-11-7-4-8-12-24/h4,7-8,11-16,20,22H,3,5-6,9-10,17-19H2,1-2H3,(H,27,30)/t20-/m1/s1. The molecule has 2 aromatic rings. The van der Waals surface area contributed by atoms with Gasteiger partial charge in [-0.3, -0.25) is 9.59 Å². The van der Waals surface area contributed by atoms with Gasteiger partial charge in [0.15, 0.2) is 0 Å². The number of benzene rings is 2. The number of thioether (sulfide) groups is 1. The molecule has 1 N–H and O–H groups in total. The van der Waals surface area contributed by atoms with E-state index in [1.807, 2.05) is 61.5 Å². The fraction of sp³-hybridized carbons (Fsp3) is 0.462. The Bertz CT molecular complexity index is 851. The predicted molar refractivity (Wildman–Crippen MR) is 130 cm³/mol. The number of hydrogen-bond donors (Lipinski definition) is 1. The first-order valence-corrected chi connectivity index (χ1v) is 12.5. The highest BCUT2D eigenvalue weighted by Crippen LogP contribution is 2.21. The molecule has 32 heavy (non-hydrogen) atoms. The van der Waals surface area contributed by atoms with E-state index in [1.54, 1.807) is 23.8 Å². The summed E-state index contributed by atoms with van der Waals surface area (Å²) >= 11 is 1.66. The molecule has 0 bridgehead atoms. The molecular weight excluding hydrogens is 420 g/mol. The summed E-state index contributed by atoms with van der Waals surface area (Å²) < 4.78 is 5.24. The molecule has 5 nitrogen and oxygen atoms in total. The van der Waals surface area contributed by atoms with Crippen molar-refractivity contribution in [1.29, 1.82) is 0 Å². The number of rotatable bonds is 10. The lowest BCUT2D eigenvalue weighted by Gasteiger charge is -2.31. The number of ether oxygens (including phenoxy) is 1. The lowest BCUT2D eigenvalue weighted by molar-refractivity contribution is -0.140. The van der Waals surface area contributed by atoms with Crippen molar-refractivity contribution >= 4 is 23.6 Å². The number of hydrogen-bond acceptors (Lipinski definition) is 4. The number of methoxy groups -OCH3 is 1. The SMILES string of the molecule is COc1ccc(CN(C(=O)CCSc2ccccc2)[C@H](C)C(=O)NC2CCCCC2)cc1. The molecular formula is C26H34N2O3S. The van der Waals surface area contributed by atoms with Crippen LogP contribution in [-0.4, -0.2) is 41.7 Å². The van der Waals surface area contributed by atoms with E-state index in [4.69, 9.17) is 4.74 Å². The first kappa shape index (κ1) is 24.2. The number of amides is 2. The lowest BCUT2D eigenvalue weighted by atomic mass is 9.95. The summed E-state index contributed by atoms with van der Waals surface area (Å²) in [5.74, 6) is 1.39. The molecule has 0 aromatic heterocycles. The van der Waals surface area contributed by atoms with E-state index >= 15 is 0 Å². The minimum Gasteiger partial charge on any atom is -0.497 e. The van der Waals surface area contributed by atoms with Crippen molar-refractivity contribution in [3.05, 3.63) is 60.2 Å². The summed E-state index contributed by atoms with van der Waals surface area (Å²) in [6.07, 6.45) is 5.99. The van der Waals surface area contributed by atoms with E-state index < -0.39 is 6.04 Å². The molecule has 0 aliphatic heterocycles. The number of nitrogens with one attached hydrogen (secondary N) is 1. The van der Waals surface area contributed by atoms with Gasteiger partial charge >= 0.3 is 0 Å². The van der Waals surface area contributed by atoms with E-state index in [2.05, 4.69) is 5.32 Å². The Morgan fingerprint density at radius 3 is 2.41 bits per heavy atom. The van der Waals surface area contributed by atoms with Gasteiger partial charge in [0.1, 0.15) is 11.8 Å². The van der Waals surface area contributed by atoms with Crippen LogP contribution in [0.4, 0.5) is 0 Å². The minimum absolute atomic E-state index is 0.00413. The van der Waals surface area contributed by atoms with Crippen LogP contribution in [0.2, 0.25) is 0 Å². The fourth-order valence-electron chi connectivity index (χ4n) is 4.00. The molecule has 0 spiro atoms. The summed E-state index contributed by atoms with van der Waals surface area (Å²) in [4.78, 5) is 29.1. The molecule has 6 heteroatoms. The van der Waals surface area contributed by atoms with Crippen LogP contribution < -0.4 is 10.1 Å². The van der Waals surface area contributed by atoms with Gasteiger partial charge in [0.05, 0.1) is 7.11 Å². The van der Waals surface area contributed by atoms with Crippen molar-refractivity contribution in [2.24, 2.45) is 0 Å². The summed E-state index contributed by atoms with van der Waals surface area (Å²) in [5, 5.41) is 3.18. The average molecular weight is 455 g/mol. The van der Waals surface area contributed by atoms with Gasteiger partial charge in [0.2, 0.25) is 11.8 Å². The summed E-state index contributed by atoms with van der Waals surface area (Å²) in [6.45, 7) is 2.24. The van der Waals surface area contributed by atoms with Gasteiger partial charge in [-0.2, -0.15) is 0 Å². The quantitative estimate of drug-likeness (QED) is 0.511. The van der Waals surface area contributed by atoms with Crippen molar-refractivity contribution in [2.45, 2.75) is 69.0 Å². The molecule has 1 aliphatic rings. The van der Waals surface area contributed by atoms with Crippen LogP contribution in [0.1, 0.15) is 51.0 Å². The van der Waals surface area contributed by atoms with Crippen LogP contribution in [0, 0.1) is 0 Å². The van der Waals surface area contributed by atoms with Crippen LogP contribution in [0.5, 0.6) is 5.75 Å². The second kappa shape index (κ2) is 12.5. The second-order valence-electron chi connectivity index (χ2n) is 8.30. The third-order valence-electron chi connectivity index (χ3n) is 5.96. The Kier molecular flexibility index (Phi) is 9.47. The molecule has 1 aliphatic carbocycles. The van der Waals surface area contributed by atoms with Crippen molar-refractivity contribution < 1.29 is 14.3 Å². The van der Waals surface area contributed by atoms with Crippen LogP contribution in [0.3, 0.4) is 0 Å². The van der Waals surface area contributed by atoms with E-state index in [9.17, 15) is 9.59 Å². The number of carbonyl (C=O) groups is 2. The molecule has 2 amide bonds. The van der Waals surface area contributed by atoms with Gasteiger partial charge in [-0.05, 0) is 49.6 Å². The largest absolute Gasteiger partial charge is 0.497 e. The van der Waals surface area contributed by atoms with Gasteiger partial charge in [-0.1, -0.05) is 49.6 Å². The maximum absolute atomic E-state index is 13.2. The van der Waals surface area contributed by atoms with Gasteiger partial charge in [-0.25, -0.2) is 0 Å². The molecule has 0 radical (unpaired) electrons. The highest BCUT2D eigenvalue weighted by molar-refractivity contribution is 7.99. The highest BCUT2D eigenvalue weighted by atomic mass is 32.2. The second-order valence-corrected chi connectivity index (χ2v) is 9.47. The number of carbonyl (C=O) groups excluding carboxylic acids is 2. The van der Waals surface area contributed by atoms with E-state index in [0.29, 0.717) is 18.7 Å². The van der Waals surface area contributed by atoms with E-state index in [1.165, 1.54) is 6.42 Å². The van der Waals surface area contributed by atoms with Gasteiger partial charge in [0.25, 0.3) is 0 Å². The number of nitrogens with zero attached hydrogens (tertiary/aromatic N) is 1. The maximum Gasteiger partial charge on any atom is 0.242 e. The van der Waals surface area contributed by atoms with Gasteiger partial charge in [-0.15, -0.1) is 11.8 Å². The van der Waals surface area contributed by atoms with Gasteiger partial charge in [0, 0.05) is 29.7 Å². The summed E-state index contributed by atoms with van der Waals surface area (Å²) in [7, 11) is 1.63. The third kappa shape index (κ3) is 7.30. The Hall–Kier alpha value is -2.47. The topological polar surface area (TPSA) is 58.6 Å². The summed E-state index contributed by atoms with van der Waals surface area (Å²) in [6, 6.07) is 17.4. The molecule has 172 valence electrons. The zero-order valence-corrected chi connectivity index (χ0v) is 19.9.